The minimum absolute atomic E-state index is 0.136. The minimum atomic E-state index is -1.97. The summed E-state index contributed by atoms with van der Waals surface area (Å²) in [7, 11) is -0.143. The lowest BCUT2D eigenvalue weighted by Crippen LogP contribution is -2.24. The van der Waals surface area contributed by atoms with Gasteiger partial charge in [0.05, 0.1) is 5.56 Å². The second-order valence-electron chi connectivity index (χ2n) is 9.38. The van der Waals surface area contributed by atoms with E-state index in [1.165, 1.54) is 24.3 Å². The number of halogens is 2. The summed E-state index contributed by atoms with van der Waals surface area (Å²) >= 11 is 0. The minimum Gasteiger partial charge on any atom is -0.478 e. The molecule has 2 N–H and O–H groups in total. The highest BCUT2D eigenvalue weighted by Gasteiger charge is 2.23. The molecule has 0 aliphatic carbocycles. The second-order valence-corrected chi connectivity index (χ2v) is 12.3. The molecule has 4 nitrogen and oxygen atoms in total. The van der Waals surface area contributed by atoms with Crippen LogP contribution in [0.1, 0.15) is 34.0 Å². The van der Waals surface area contributed by atoms with Crippen LogP contribution >= 0.6 is 9.39 Å². The summed E-state index contributed by atoms with van der Waals surface area (Å²) in [4.78, 5) is 15.2. The van der Waals surface area contributed by atoms with E-state index in [9.17, 15) is 18.7 Å². The van der Waals surface area contributed by atoms with Gasteiger partial charge in [-0.1, -0.05) is 65.3 Å². The summed E-state index contributed by atoms with van der Waals surface area (Å²) in [5, 5.41) is 12.1. The van der Waals surface area contributed by atoms with E-state index >= 15 is 0 Å². The van der Waals surface area contributed by atoms with Crippen LogP contribution in [0.15, 0.2) is 89.8 Å². The Bertz CT molecular complexity index is 1540. The number of rotatable bonds is 9. The number of carboxylic acids is 1. The van der Waals surface area contributed by atoms with Crippen LogP contribution in [-0.4, -0.2) is 29.4 Å². The molecule has 39 heavy (non-hydrogen) atoms. The monoisotopic (exact) mass is 546 g/mol. The number of benzene rings is 4. The van der Waals surface area contributed by atoms with E-state index in [-0.39, 0.29) is 17.2 Å². The van der Waals surface area contributed by atoms with Gasteiger partial charge >= 0.3 is 5.97 Å². The zero-order valence-electron chi connectivity index (χ0n) is 22.2. The molecule has 0 spiro atoms. The van der Waals surface area contributed by atoms with Gasteiger partial charge in [0.1, 0.15) is 11.6 Å². The van der Waals surface area contributed by atoms with Crippen LogP contribution in [0.25, 0.3) is 11.1 Å². The summed E-state index contributed by atoms with van der Waals surface area (Å²) in [5.41, 5.74) is 5.41. The lowest BCUT2D eigenvalue weighted by Gasteiger charge is -2.31. The van der Waals surface area contributed by atoms with Crippen molar-refractivity contribution in [2.24, 2.45) is 0 Å². The third-order valence-corrected chi connectivity index (χ3v) is 9.38. The maximum Gasteiger partial charge on any atom is 0.335 e. The third-order valence-electron chi connectivity index (χ3n) is 6.74. The first-order chi connectivity index (χ1) is 18.6. The fourth-order valence-corrected chi connectivity index (χ4v) is 6.11. The molecule has 0 aromatic heterocycles. The van der Waals surface area contributed by atoms with E-state index in [2.05, 4.69) is 15.5 Å². The fraction of sp³-hybridized carbons (Fsp3) is 0.156. The maximum absolute atomic E-state index is 13.7. The second kappa shape index (κ2) is 11.8. The number of carboxylic acid groups (broad SMARTS) is 1. The van der Waals surface area contributed by atoms with Gasteiger partial charge in [0.15, 0.2) is 0 Å². The Labute approximate surface area is 229 Å². The molecule has 0 fully saturated rings. The number of nitrogens with zero attached hydrogens (tertiary/aromatic N) is 1. The van der Waals surface area contributed by atoms with Gasteiger partial charge in [-0.3, -0.25) is 4.72 Å². The predicted molar refractivity (Wildman–Crippen MR) is 160 cm³/mol. The van der Waals surface area contributed by atoms with E-state index < -0.39 is 15.4 Å². The van der Waals surface area contributed by atoms with Crippen molar-refractivity contribution < 1.29 is 18.7 Å². The Morgan fingerprint density at radius 2 is 1.44 bits per heavy atom. The molecular weight excluding hydrogens is 514 g/mol. The third kappa shape index (κ3) is 6.38. The predicted octanol–water partition coefficient (Wildman–Crippen LogP) is 7.40. The van der Waals surface area contributed by atoms with E-state index in [0.29, 0.717) is 18.8 Å². The fourth-order valence-electron chi connectivity index (χ4n) is 4.47. The Morgan fingerprint density at radius 1 is 0.923 bits per heavy atom. The standard InChI is InChI=1S/C32H32F2N2O2S/c1-5-39(4,35-3)30-19-26(32(37)38)18-29(31(30)25-12-6-22(2)7-13-25)36(20-23-8-14-27(33)15-9-23)21-24-10-16-28(34)17-11-24/h5-19,35H,4,20-21H2,1-3H3,(H,37,38). The molecule has 0 saturated carbocycles. The molecule has 7 heteroatoms. The van der Waals surface area contributed by atoms with Crippen molar-refractivity contribution in [2.45, 2.75) is 31.8 Å². The molecule has 1 atom stereocenters. The molecular formula is C32H32F2N2O2S. The molecule has 0 amide bonds. The van der Waals surface area contributed by atoms with Gasteiger partial charge in [0, 0.05) is 29.2 Å². The number of aryl methyl sites for hydroxylation is 1. The van der Waals surface area contributed by atoms with E-state index in [1.807, 2.05) is 50.5 Å². The first-order valence-corrected chi connectivity index (χ1v) is 14.4. The summed E-state index contributed by atoms with van der Waals surface area (Å²) in [5.74, 6) is 2.77. The highest BCUT2D eigenvalue weighted by atomic mass is 32.2. The van der Waals surface area contributed by atoms with Crippen molar-refractivity contribution >= 4 is 32.3 Å². The smallest absolute Gasteiger partial charge is 0.335 e. The Morgan fingerprint density at radius 3 is 1.87 bits per heavy atom. The maximum atomic E-state index is 13.7. The summed E-state index contributed by atoms with van der Waals surface area (Å²) in [6.07, 6.45) is 0. The largest absolute Gasteiger partial charge is 0.478 e. The lowest BCUT2D eigenvalue weighted by atomic mass is 9.98. The van der Waals surface area contributed by atoms with Gasteiger partial charge in [0.2, 0.25) is 0 Å². The first kappa shape index (κ1) is 28.1. The Kier molecular flexibility index (Phi) is 8.53. The van der Waals surface area contributed by atoms with E-state index in [1.54, 1.807) is 36.4 Å². The molecule has 0 aliphatic rings. The normalized spacial score (nSPS) is 12.5. The highest BCUT2D eigenvalue weighted by molar-refractivity contribution is 8.27. The van der Waals surface area contributed by atoms with Crippen molar-refractivity contribution in [1.29, 1.82) is 0 Å². The number of nitrogens with one attached hydrogen (secondary N) is 1. The van der Waals surface area contributed by atoms with Crippen molar-refractivity contribution in [1.82, 2.24) is 4.72 Å². The van der Waals surface area contributed by atoms with Crippen molar-refractivity contribution in [2.75, 3.05) is 11.9 Å². The molecule has 0 heterocycles. The number of hydrogen-bond acceptors (Lipinski definition) is 3. The molecule has 4 rings (SSSR count). The van der Waals surface area contributed by atoms with E-state index in [0.717, 1.165) is 32.7 Å². The van der Waals surface area contributed by atoms with Crippen LogP contribution in [0.4, 0.5) is 14.5 Å². The van der Waals surface area contributed by atoms with Gasteiger partial charge in [-0.25, -0.2) is 13.6 Å². The van der Waals surface area contributed by atoms with Crippen LogP contribution in [0.5, 0.6) is 0 Å². The van der Waals surface area contributed by atoms with Gasteiger partial charge in [-0.05, 0) is 74.0 Å². The van der Waals surface area contributed by atoms with Crippen LogP contribution in [0.3, 0.4) is 0 Å². The number of anilines is 1. The Hall–Kier alpha value is -3.94. The molecule has 0 radical (unpaired) electrons. The van der Waals surface area contributed by atoms with Gasteiger partial charge in [0.25, 0.3) is 0 Å². The first-order valence-electron chi connectivity index (χ1n) is 12.5. The van der Waals surface area contributed by atoms with Crippen LogP contribution in [-0.2, 0) is 13.1 Å². The number of aromatic carboxylic acids is 1. The average molecular weight is 547 g/mol. The summed E-state index contributed by atoms with van der Waals surface area (Å²) in [6, 6.07) is 24.0. The van der Waals surface area contributed by atoms with Crippen LogP contribution < -0.4 is 9.62 Å². The number of hydrogen-bond donors (Lipinski definition) is 2. The van der Waals surface area contributed by atoms with Crippen LogP contribution in [0.2, 0.25) is 0 Å². The van der Waals surface area contributed by atoms with Crippen molar-refractivity contribution in [3.05, 3.63) is 119 Å². The lowest BCUT2D eigenvalue weighted by molar-refractivity contribution is 0.0696. The zero-order valence-corrected chi connectivity index (χ0v) is 23.1. The molecule has 0 aliphatic heterocycles. The SMILES string of the molecule is C=S(=CC)(NC)c1cc(C(=O)O)cc(N(Cc2ccc(F)cc2)Cc2ccc(F)cc2)c1-c1ccc(C)cc1. The quantitative estimate of drug-likeness (QED) is 0.215. The zero-order chi connectivity index (χ0) is 28.2. The van der Waals surface area contributed by atoms with Crippen molar-refractivity contribution in [3.8, 4) is 11.1 Å². The molecule has 0 saturated heterocycles. The molecule has 1 unspecified atom stereocenters. The van der Waals surface area contributed by atoms with Crippen LogP contribution in [0, 0.1) is 18.6 Å². The summed E-state index contributed by atoms with van der Waals surface area (Å²) < 4.78 is 30.8. The van der Waals surface area contributed by atoms with Gasteiger partial charge < -0.3 is 10.0 Å². The molecule has 202 valence electrons. The van der Waals surface area contributed by atoms with Crippen molar-refractivity contribution in [3.63, 3.8) is 0 Å². The average Bonchev–Trinajstić information content (AvgIpc) is 2.94. The summed E-state index contributed by atoms with van der Waals surface area (Å²) in [6.45, 7) is 4.67. The molecule has 4 aromatic rings. The number of carbonyl (C=O) groups is 1. The molecule has 4 aromatic carbocycles. The Balaban J connectivity index is 2.04. The topological polar surface area (TPSA) is 52.6 Å². The van der Waals surface area contributed by atoms with E-state index in [4.69, 9.17) is 0 Å². The van der Waals surface area contributed by atoms with Gasteiger partial charge in [-0.2, -0.15) is 0 Å². The van der Waals surface area contributed by atoms with Gasteiger partial charge in [-0.15, -0.1) is 9.39 Å². The molecule has 0 bridgehead atoms. The highest BCUT2D eigenvalue weighted by Crippen LogP contribution is 2.45.